The van der Waals surface area contributed by atoms with Crippen molar-refractivity contribution in [1.82, 2.24) is 19.8 Å². The average Bonchev–Trinajstić information content (AvgIpc) is 2.82. The van der Waals surface area contributed by atoms with Gasteiger partial charge in [-0.2, -0.15) is 5.10 Å². The van der Waals surface area contributed by atoms with Gasteiger partial charge in [0.2, 0.25) is 10.0 Å². The number of hydrogen-bond donors (Lipinski definition) is 2. The van der Waals surface area contributed by atoms with Crippen LogP contribution in [0.15, 0.2) is 4.90 Å². The second-order valence-corrected chi connectivity index (χ2v) is 7.48. The summed E-state index contributed by atoms with van der Waals surface area (Å²) in [6, 6.07) is 0. The van der Waals surface area contributed by atoms with Gasteiger partial charge in [-0.05, 0) is 32.7 Å². The maximum absolute atomic E-state index is 12.8. The monoisotopic (exact) mass is 316 g/mol. The van der Waals surface area contributed by atoms with Gasteiger partial charge in [0.15, 0.2) is 0 Å². The van der Waals surface area contributed by atoms with E-state index in [1.807, 2.05) is 0 Å². The van der Waals surface area contributed by atoms with E-state index in [1.54, 1.807) is 21.0 Å². The zero-order chi connectivity index (χ0) is 15.5. The predicted octanol–water partition coefficient (Wildman–Crippen LogP) is 0.485. The number of aromatic amines is 1. The fraction of sp³-hybridized carbons (Fsp3) is 0.769. The Kier molecular flexibility index (Phi) is 5.37. The van der Waals surface area contributed by atoms with Crippen molar-refractivity contribution in [1.29, 1.82) is 0 Å². The second-order valence-electron chi connectivity index (χ2n) is 5.50. The zero-order valence-electron chi connectivity index (χ0n) is 12.8. The van der Waals surface area contributed by atoms with Gasteiger partial charge in [0.1, 0.15) is 4.90 Å². The highest BCUT2D eigenvalue weighted by Gasteiger charge is 2.30. The van der Waals surface area contributed by atoms with Gasteiger partial charge in [-0.3, -0.25) is 5.10 Å². The van der Waals surface area contributed by atoms with E-state index in [0.29, 0.717) is 48.5 Å². The molecule has 1 saturated heterocycles. The number of nitrogens with zero attached hydrogens (tertiary/aromatic N) is 2. The van der Waals surface area contributed by atoms with E-state index in [1.165, 1.54) is 4.31 Å². The fourth-order valence-electron chi connectivity index (χ4n) is 2.65. The van der Waals surface area contributed by atoms with Crippen molar-refractivity contribution in [2.24, 2.45) is 5.92 Å². The maximum atomic E-state index is 12.8. The number of aryl methyl sites for hydroxylation is 1. The smallest absolute Gasteiger partial charge is 0.246 e. The van der Waals surface area contributed by atoms with E-state index in [-0.39, 0.29) is 0 Å². The lowest BCUT2D eigenvalue weighted by atomic mass is 10.0. The Labute approximate surface area is 126 Å². The normalized spacial score (nSPS) is 17.5. The maximum Gasteiger partial charge on any atom is 0.246 e. The van der Waals surface area contributed by atoms with E-state index in [4.69, 9.17) is 4.74 Å². The minimum Gasteiger partial charge on any atom is -0.381 e. The van der Waals surface area contributed by atoms with Crippen LogP contribution in [0.5, 0.6) is 0 Å². The van der Waals surface area contributed by atoms with Crippen LogP contribution in [-0.2, 0) is 21.3 Å². The first-order valence-electron chi connectivity index (χ1n) is 7.19. The summed E-state index contributed by atoms with van der Waals surface area (Å²) in [7, 11) is -0.111. The van der Waals surface area contributed by atoms with Gasteiger partial charge in [0, 0.05) is 33.4 Å². The van der Waals surface area contributed by atoms with Gasteiger partial charge in [0.05, 0.1) is 11.4 Å². The molecule has 1 fully saturated rings. The molecule has 2 rings (SSSR count). The zero-order valence-corrected chi connectivity index (χ0v) is 13.7. The van der Waals surface area contributed by atoms with E-state index < -0.39 is 10.0 Å². The van der Waals surface area contributed by atoms with Gasteiger partial charge in [-0.1, -0.05) is 0 Å². The summed E-state index contributed by atoms with van der Waals surface area (Å²) in [5, 5.41) is 9.81. The third kappa shape index (κ3) is 3.63. The minimum atomic E-state index is -3.52. The summed E-state index contributed by atoms with van der Waals surface area (Å²) in [5.41, 5.74) is 1.12. The highest BCUT2D eigenvalue weighted by Crippen LogP contribution is 2.24. The van der Waals surface area contributed by atoms with Crippen LogP contribution in [0.4, 0.5) is 0 Å². The largest absolute Gasteiger partial charge is 0.381 e. The van der Waals surface area contributed by atoms with E-state index >= 15 is 0 Å². The van der Waals surface area contributed by atoms with Crippen molar-refractivity contribution >= 4 is 10.0 Å². The molecule has 2 N–H and O–H groups in total. The number of rotatable bonds is 6. The van der Waals surface area contributed by atoms with Crippen LogP contribution < -0.4 is 5.32 Å². The standard InChI is InChI=1S/C13H24N4O3S/c1-10-13(12(8-14-2)16-15-10)21(18,19)17(3)9-11-4-6-20-7-5-11/h11,14H,4-9H2,1-3H3,(H,15,16). The highest BCUT2D eigenvalue weighted by molar-refractivity contribution is 7.89. The molecule has 0 radical (unpaired) electrons. The number of hydrogen-bond acceptors (Lipinski definition) is 5. The van der Waals surface area contributed by atoms with Gasteiger partial charge in [-0.15, -0.1) is 0 Å². The number of aromatic nitrogens is 2. The molecule has 8 heteroatoms. The SMILES string of the molecule is CNCc1n[nH]c(C)c1S(=O)(=O)N(C)CC1CCOCC1. The molecule has 0 unspecified atom stereocenters. The molecule has 2 heterocycles. The van der Waals surface area contributed by atoms with Gasteiger partial charge >= 0.3 is 0 Å². The molecule has 120 valence electrons. The third-order valence-corrected chi connectivity index (χ3v) is 5.86. The van der Waals surface area contributed by atoms with Crippen molar-refractivity contribution < 1.29 is 13.2 Å². The molecule has 0 atom stereocenters. The summed E-state index contributed by atoms with van der Waals surface area (Å²) in [4.78, 5) is 0.298. The second kappa shape index (κ2) is 6.87. The van der Waals surface area contributed by atoms with Crippen LogP contribution >= 0.6 is 0 Å². The lowest BCUT2D eigenvalue weighted by Crippen LogP contribution is -2.35. The predicted molar refractivity (Wildman–Crippen MR) is 79.4 cm³/mol. The number of ether oxygens (including phenoxy) is 1. The van der Waals surface area contributed by atoms with Crippen molar-refractivity contribution in [2.75, 3.05) is 33.9 Å². The first-order valence-corrected chi connectivity index (χ1v) is 8.63. The van der Waals surface area contributed by atoms with E-state index in [2.05, 4.69) is 15.5 Å². The Hall–Kier alpha value is -0.960. The minimum absolute atomic E-state index is 0.298. The Morgan fingerprint density at radius 3 is 2.71 bits per heavy atom. The Morgan fingerprint density at radius 1 is 1.43 bits per heavy atom. The first-order chi connectivity index (χ1) is 9.96. The van der Waals surface area contributed by atoms with Crippen LogP contribution in [0, 0.1) is 12.8 Å². The number of nitrogens with one attached hydrogen (secondary N) is 2. The molecule has 0 spiro atoms. The third-order valence-electron chi connectivity index (χ3n) is 3.83. The summed E-state index contributed by atoms with van der Waals surface area (Å²) in [5.74, 6) is 0.360. The summed E-state index contributed by atoms with van der Waals surface area (Å²) in [6.07, 6.45) is 1.82. The lowest BCUT2D eigenvalue weighted by molar-refractivity contribution is 0.0620. The van der Waals surface area contributed by atoms with Crippen LogP contribution in [0.2, 0.25) is 0 Å². The summed E-state index contributed by atoms with van der Waals surface area (Å²) in [6.45, 7) is 4.11. The fourth-order valence-corrected chi connectivity index (χ4v) is 4.21. The van der Waals surface area contributed by atoms with E-state index in [0.717, 1.165) is 12.8 Å². The molecule has 0 bridgehead atoms. The molecule has 7 nitrogen and oxygen atoms in total. The van der Waals surface area contributed by atoms with Crippen LogP contribution in [0.25, 0.3) is 0 Å². The summed E-state index contributed by atoms with van der Waals surface area (Å²) >= 11 is 0. The van der Waals surface area contributed by atoms with Gasteiger partial charge in [0.25, 0.3) is 0 Å². The summed E-state index contributed by atoms with van der Waals surface area (Å²) < 4.78 is 32.3. The van der Waals surface area contributed by atoms with Crippen LogP contribution in [0.3, 0.4) is 0 Å². The Morgan fingerprint density at radius 2 is 2.10 bits per heavy atom. The molecule has 21 heavy (non-hydrogen) atoms. The molecule has 0 saturated carbocycles. The molecular formula is C13H24N4O3S. The molecule has 0 aromatic carbocycles. The first kappa shape index (κ1) is 16.4. The molecular weight excluding hydrogens is 292 g/mol. The van der Waals surface area contributed by atoms with E-state index in [9.17, 15) is 8.42 Å². The van der Waals surface area contributed by atoms with Crippen molar-refractivity contribution in [3.8, 4) is 0 Å². The lowest BCUT2D eigenvalue weighted by Gasteiger charge is -2.26. The molecule has 0 amide bonds. The Balaban J connectivity index is 2.18. The van der Waals surface area contributed by atoms with Crippen molar-refractivity contribution in [3.63, 3.8) is 0 Å². The molecule has 1 aliphatic rings. The highest BCUT2D eigenvalue weighted by atomic mass is 32.2. The molecule has 0 aliphatic carbocycles. The molecule has 1 aliphatic heterocycles. The van der Waals surface area contributed by atoms with Crippen molar-refractivity contribution in [2.45, 2.75) is 31.2 Å². The molecule has 1 aromatic rings. The van der Waals surface area contributed by atoms with Gasteiger partial charge in [-0.25, -0.2) is 12.7 Å². The molecule has 1 aromatic heterocycles. The van der Waals surface area contributed by atoms with Crippen molar-refractivity contribution in [3.05, 3.63) is 11.4 Å². The van der Waals surface area contributed by atoms with Gasteiger partial charge < -0.3 is 10.1 Å². The average molecular weight is 316 g/mol. The number of H-pyrrole nitrogens is 1. The number of sulfonamides is 1. The topological polar surface area (TPSA) is 87.3 Å². The van der Waals surface area contributed by atoms with Crippen LogP contribution in [-0.4, -0.2) is 56.8 Å². The Bertz CT molecular complexity index is 564. The van der Waals surface area contributed by atoms with Crippen LogP contribution in [0.1, 0.15) is 24.2 Å². The quantitative estimate of drug-likeness (QED) is 0.797.